The van der Waals surface area contributed by atoms with Crippen LogP contribution < -0.4 is 16.4 Å². The summed E-state index contributed by atoms with van der Waals surface area (Å²) in [6.45, 7) is 6.42. The molecule has 162 valence electrons. The number of hydrogen-bond acceptors (Lipinski definition) is 4. The molecule has 0 bridgehead atoms. The summed E-state index contributed by atoms with van der Waals surface area (Å²) >= 11 is 0. The zero-order valence-electron chi connectivity index (χ0n) is 18.6. The van der Waals surface area contributed by atoms with E-state index in [0.717, 1.165) is 56.4 Å². The molecule has 0 atom stereocenters. The third kappa shape index (κ3) is 4.11. The van der Waals surface area contributed by atoms with Gasteiger partial charge in [-0.1, -0.05) is 62.0 Å². The van der Waals surface area contributed by atoms with Gasteiger partial charge in [-0.3, -0.25) is 4.98 Å². The van der Waals surface area contributed by atoms with Gasteiger partial charge in [0.1, 0.15) is 0 Å². The Kier molecular flexibility index (Phi) is 5.41. The molecule has 0 amide bonds. The molecule has 0 spiro atoms. The van der Waals surface area contributed by atoms with Crippen LogP contribution in [0.5, 0.6) is 0 Å². The van der Waals surface area contributed by atoms with Gasteiger partial charge >= 0.3 is 0 Å². The number of nitrogens with one attached hydrogen (secondary N) is 2. The number of para-hydroxylation sites is 2. The predicted molar refractivity (Wildman–Crippen MR) is 142 cm³/mol. The SMILES string of the molecule is C=C(Nc1ccccc1N)c1cccc2cc(Nc3ccnc4cc(CC)ccc34)ccc12. The van der Waals surface area contributed by atoms with Crippen LogP contribution in [0.15, 0.2) is 97.7 Å². The third-order valence-corrected chi connectivity index (χ3v) is 5.95. The molecular formula is C29H26N4. The Labute approximate surface area is 193 Å². The summed E-state index contributed by atoms with van der Waals surface area (Å²) in [4.78, 5) is 4.55. The van der Waals surface area contributed by atoms with Crippen molar-refractivity contribution >= 4 is 50.1 Å². The van der Waals surface area contributed by atoms with Gasteiger partial charge < -0.3 is 16.4 Å². The molecule has 0 saturated carbocycles. The number of benzene rings is 4. The molecule has 0 aliphatic heterocycles. The average Bonchev–Trinajstić information content (AvgIpc) is 2.84. The second kappa shape index (κ2) is 8.67. The van der Waals surface area contributed by atoms with E-state index in [2.05, 4.69) is 83.7 Å². The Bertz CT molecular complexity index is 1490. The van der Waals surface area contributed by atoms with Crippen LogP contribution in [0.1, 0.15) is 18.1 Å². The summed E-state index contributed by atoms with van der Waals surface area (Å²) in [7, 11) is 0. The van der Waals surface area contributed by atoms with E-state index in [0.29, 0.717) is 5.69 Å². The summed E-state index contributed by atoms with van der Waals surface area (Å²) in [6, 6.07) is 28.8. The summed E-state index contributed by atoms with van der Waals surface area (Å²) in [5.74, 6) is 0. The molecule has 4 aromatic carbocycles. The van der Waals surface area contributed by atoms with E-state index in [4.69, 9.17) is 5.73 Å². The number of anilines is 4. The number of pyridine rings is 1. The predicted octanol–water partition coefficient (Wildman–Crippen LogP) is 7.36. The largest absolute Gasteiger partial charge is 0.397 e. The van der Waals surface area contributed by atoms with Gasteiger partial charge in [-0.05, 0) is 59.2 Å². The maximum absolute atomic E-state index is 6.09. The molecule has 0 aliphatic carbocycles. The minimum Gasteiger partial charge on any atom is -0.397 e. The van der Waals surface area contributed by atoms with Gasteiger partial charge in [0.05, 0.1) is 16.9 Å². The number of aromatic nitrogens is 1. The lowest BCUT2D eigenvalue weighted by Gasteiger charge is -2.15. The minimum absolute atomic E-state index is 0.695. The van der Waals surface area contributed by atoms with E-state index >= 15 is 0 Å². The second-order valence-corrected chi connectivity index (χ2v) is 8.12. The molecular weight excluding hydrogens is 404 g/mol. The molecule has 1 heterocycles. The van der Waals surface area contributed by atoms with Crippen molar-refractivity contribution in [1.82, 2.24) is 4.98 Å². The van der Waals surface area contributed by atoms with Gasteiger partial charge in [0, 0.05) is 34.2 Å². The van der Waals surface area contributed by atoms with E-state index in [1.165, 1.54) is 5.56 Å². The van der Waals surface area contributed by atoms with Crippen LogP contribution in [0.25, 0.3) is 27.4 Å². The molecule has 0 unspecified atom stereocenters. The van der Waals surface area contributed by atoms with Crippen LogP contribution in [0.3, 0.4) is 0 Å². The Morgan fingerprint density at radius 3 is 2.58 bits per heavy atom. The summed E-state index contributed by atoms with van der Waals surface area (Å²) in [5.41, 5.74) is 13.9. The molecule has 0 saturated heterocycles. The molecule has 33 heavy (non-hydrogen) atoms. The lowest BCUT2D eigenvalue weighted by atomic mass is 10.0. The summed E-state index contributed by atoms with van der Waals surface area (Å²) < 4.78 is 0. The van der Waals surface area contributed by atoms with E-state index in [1.54, 1.807) is 0 Å². The van der Waals surface area contributed by atoms with Crippen LogP contribution in [0.2, 0.25) is 0 Å². The molecule has 4 N–H and O–H groups in total. The monoisotopic (exact) mass is 430 g/mol. The van der Waals surface area contributed by atoms with Crippen molar-refractivity contribution in [2.75, 3.05) is 16.4 Å². The van der Waals surface area contributed by atoms with Crippen LogP contribution >= 0.6 is 0 Å². The van der Waals surface area contributed by atoms with Gasteiger partial charge in [-0.15, -0.1) is 0 Å². The molecule has 4 heteroatoms. The van der Waals surface area contributed by atoms with Crippen molar-refractivity contribution in [3.8, 4) is 0 Å². The first-order chi connectivity index (χ1) is 16.1. The Hall–Kier alpha value is -4.31. The van der Waals surface area contributed by atoms with Crippen LogP contribution in [0.4, 0.5) is 22.7 Å². The molecule has 4 nitrogen and oxygen atoms in total. The van der Waals surface area contributed by atoms with Crippen LogP contribution in [0, 0.1) is 0 Å². The number of nitrogens with zero attached hydrogens (tertiary/aromatic N) is 1. The standard InChI is InChI=1S/C29H26N4/c1-3-20-11-13-25-27(15-16-31-29(25)17-20)33-22-12-14-24-21(18-22)7-6-8-23(24)19(2)32-28-10-5-4-9-26(28)30/h4-18,32H,2-3,30H2,1H3,(H,31,33). The maximum atomic E-state index is 6.09. The molecule has 0 aliphatic rings. The van der Waals surface area contributed by atoms with Gasteiger partial charge in [0.25, 0.3) is 0 Å². The zero-order valence-corrected chi connectivity index (χ0v) is 18.6. The molecule has 5 rings (SSSR count). The van der Waals surface area contributed by atoms with Gasteiger partial charge in [0.2, 0.25) is 0 Å². The quantitative estimate of drug-likeness (QED) is 0.246. The Morgan fingerprint density at radius 1 is 0.879 bits per heavy atom. The second-order valence-electron chi connectivity index (χ2n) is 8.12. The topological polar surface area (TPSA) is 63.0 Å². The van der Waals surface area contributed by atoms with Crippen molar-refractivity contribution in [3.63, 3.8) is 0 Å². The smallest absolute Gasteiger partial charge is 0.0725 e. The zero-order chi connectivity index (χ0) is 22.8. The Balaban J connectivity index is 1.46. The highest BCUT2D eigenvalue weighted by atomic mass is 14.9. The number of nitrogen functional groups attached to an aromatic ring is 1. The van der Waals surface area contributed by atoms with Crippen LogP contribution in [-0.2, 0) is 6.42 Å². The number of fused-ring (bicyclic) bond motifs is 2. The fourth-order valence-electron chi connectivity index (χ4n) is 4.14. The number of aryl methyl sites for hydroxylation is 1. The molecule has 0 radical (unpaired) electrons. The first-order valence-corrected chi connectivity index (χ1v) is 11.1. The lowest BCUT2D eigenvalue weighted by molar-refractivity contribution is 1.14. The molecule has 0 fully saturated rings. The van der Waals surface area contributed by atoms with Gasteiger partial charge in [-0.2, -0.15) is 0 Å². The summed E-state index contributed by atoms with van der Waals surface area (Å²) in [6.07, 6.45) is 2.85. The van der Waals surface area contributed by atoms with E-state index in [-0.39, 0.29) is 0 Å². The fraction of sp³-hybridized carbons (Fsp3) is 0.0690. The van der Waals surface area contributed by atoms with E-state index in [1.807, 2.05) is 36.5 Å². The van der Waals surface area contributed by atoms with E-state index < -0.39 is 0 Å². The fourth-order valence-corrected chi connectivity index (χ4v) is 4.14. The van der Waals surface area contributed by atoms with Gasteiger partial charge in [-0.25, -0.2) is 0 Å². The first kappa shape index (κ1) is 20.6. The molecule has 1 aromatic heterocycles. The third-order valence-electron chi connectivity index (χ3n) is 5.95. The maximum Gasteiger partial charge on any atom is 0.0725 e. The van der Waals surface area contributed by atoms with Gasteiger partial charge in [0.15, 0.2) is 0 Å². The number of hydrogen-bond donors (Lipinski definition) is 3. The van der Waals surface area contributed by atoms with Crippen molar-refractivity contribution in [1.29, 1.82) is 0 Å². The highest BCUT2D eigenvalue weighted by Gasteiger charge is 2.09. The highest BCUT2D eigenvalue weighted by molar-refractivity contribution is 5.99. The molecule has 5 aromatic rings. The van der Waals surface area contributed by atoms with Crippen molar-refractivity contribution in [2.24, 2.45) is 0 Å². The minimum atomic E-state index is 0.695. The lowest BCUT2D eigenvalue weighted by Crippen LogP contribution is -2.01. The normalized spacial score (nSPS) is 10.9. The van der Waals surface area contributed by atoms with Crippen LogP contribution in [-0.4, -0.2) is 4.98 Å². The Morgan fingerprint density at radius 2 is 1.73 bits per heavy atom. The first-order valence-electron chi connectivity index (χ1n) is 11.1. The summed E-state index contributed by atoms with van der Waals surface area (Å²) in [5, 5.41) is 10.3. The number of rotatable bonds is 6. The van der Waals surface area contributed by atoms with Crippen molar-refractivity contribution in [2.45, 2.75) is 13.3 Å². The van der Waals surface area contributed by atoms with Crippen molar-refractivity contribution in [3.05, 3.63) is 109 Å². The highest BCUT2D eigenvalue weighted by Crippen LogP contribution is 2.31. The van der Waals surface area contributed by atoms with Crippen molar-refractivity contribution < 1.29 is 0 Å². The number of nitrogens with two attached hydrogens (primary N) is 1. The van der Waals surface area contributed by atoms with E-state index in [9.17, 15) is 0 Å². The average molecular weight is 431 g/mol.